The van der Waals surface area contributed by atoms with Crippen molar-refractivity contribution in [1.29, 1.82) is 0 Å². The Morgan fingerprint density at radius 1 is 1.00 bits per heavy atom. The van der Waals surface area contributed by atoms with Gasteiger partial charge in [-0.25, -0.2) is 0 Å². The summed E-state index contributed by atoms with van der Waals surface area (Å²) in [5.74, 6) is 4.03. The summed E-state index contributed by atoms with van der Waals surface area (Å²) < 4.78 is 0. The van der Waals surface area contributed by atoms with E-state index in [-0.39, 0.29) is 5.60 Å². The Morgan fingerprint density at radius 3 is 2.38 bits per heavy atom. The summed E-state index contributed by atoms with van der Waals surface area (Å²) >= 11 is 0. The number of hydrogen-bond donors (Lipinski definition) is 1. The minimum atomic E-state index is -0.376. The summed E-state index contributed by atoms with van der Waals surface area (Å²) in [4.78, 5) is 0. The molecule has 0 saturated heterocycles. The minimum absolute atomic E-state index is 0.376. The van der Waals surface area contributed by atoms with E-state index in [0.29, 0.717) is 11.3 Å². The van der Waals surface area contributed by atoms with E-state index in [1.54, 1.807) is 0 Å². The third-order valence-electron chi connectivity index (χ3n) is 6.37. The van der Waals surface area contributed by atoms with Crippen molar-refractivity contribution in [3.05, 3.63) is 0 Å². The fourth-order valence-electron chi connectivity index (χ4n) is 5.29. The summed E-state index contributed by atoms with van der Waals surface area (Å²) in [6, 6.07) is 0. The van der Waals surface area contributed by atoms with E-state index in [2.05, 4.69) is 27.7 Å². The summed E-state index contributed by atoms with van der Waals surface area (Å²) in [6.45, 7) is 9.41. The molecule has 3 aliphatic rings. The number of fused-ring (bicyclic) bond motifs is 3. The molecule has 0 radical (unpaired) electrons. The molecule has 0 amide bonds. The molecular formula is C15H26O. The number of rotatable bonds is 0. The van der Waals surface area contributed by atoms with E-state index >= 15 is 0 Å². The minimum Gasteiger partial charge on any atom is -0.390 e. The highest BCUT2D eigenvalue weighted by atomic mass is 16.3. The van der Waals surface area contributed by atoms with Gasteiger partial charge in [0.1, 0.15) is 0 Å². The molecule has 0 aliphatic heterocycles. The third-order valence-corrected chi connectivity index (χ3v) is 6.37. The fourth-order valence-corrected chi connectivity index (χ4v) is 5.29. The molecule has 2 unspecified atom stereocenters. The highest BCUT2D eigenvalue weighted by Gasteiger charge is 2.66. The first-order chi connectivity index (χ1) is 7.36. The van der Waals surface area contributed by atoms with Crippen LogP contribution in [0.15, 0.2) is 0 Å². The van der Waals surface area contributed by atoms with E-state index in [4.69, 9.17) is 0 Å². The van der Waals surface area contributed by atoms with Crippen molar-refractivity contribution in [3.63, 3.8) is 0 Å². The standard InChI is InChI=1S/C15H26O/c1-9-5-6-10-12(9)13-11(14(13,2)3)7-8-15(10,4)16/h9-13,16H,5-8H2,1-4H3/t9-,10?,11+,12?,13+,15+/m1/s1. The second-order valence-corrected chi connectivity index (χ2v) is 7.59. The van der Waals surface area contributed by atoms with Crippen LogP contribution < -0.4 is 0 Å². The van der Waals surface area contributed by atoms with Crippen LogP contribution in [-0.4, -0.2) is 10.7 Å². The lowest BCUT2D eigenvalue weighted by molar-refractivity contribution is -0.0302. The van der Waals surface area contributed by atoms with Gasteiger partial charge in [-0.1, -0.05) is 27.2 Å². The molecule has 0 aromatic heterocycles. The molecule has 0 bridgehead atoms. The normalized spacial score (nSPS) is 58.7. The molecule has 6 atom stereocenters. The third kappa shape index (κ3) is 1.27. The van der Waals surface area contributed by atoms with Gasteiger partial charge in [0.05, 0.1) is 5.60 Å². The lowest BCUT2D eigenvalue weighted by Crippen LogP contribution is -2.38. The van der Waals surface area contributed by atoms with E-state index in [1.165, 1.54) is 19.3 Å². The maximum Gasteiger partial charge on any atom is 0.0650 e. The van der Waals surface area contributed by atoms with Crippen molar-refractivity contribution in [1.82, 2.24) is 0 Å². The van der Waals surface area contributed by atoms with Gasteiger partial charge < -0.3 is 5.11 Å². The molecule has 1 N–H and O–H groups in total. The van der Waals surface area contributed by atoms with Crippen LogP contribution in [0.25, 0.3) is 0 Å². The van der Waals surface area contributed by atoms with Gasteiger partial charge in [-0.15, -0.1) is 0 Å². The molecule has 0 aromatic carbocycles. The molecule has 3 saturated carbocycles. The van der Waals surface area contributed by atoms with Crippen LogP contribution in [0.2, 0.25) is 0 Å². The lowest BCUT2D eigenvalue weighted by atomic mass is 9.74. The zero-order valence-electron chi connectivity index (χ0n) is 11.2. The van der Waals surface area contributed by atoms with Crippen LogP contribution in [0.1, 0.15) is 53.4 Å². The monoisotopic (exact) mass is 222 g/mol. The van der Waals surface area contributed by atoms with Crippen molar-refractivity contribution >= 4 is 0 Å². The van der Waals surface area contributed by atoms with Gasteiger partial charge in [0.15, 0.2) is 0 Å². The summed E-state index contributed by atoms with van der Waals surface area (Å²) in [5.41, 5.74) is 0.191. The van der Waals surface area contributed by atoms with E-state index in [1.807, 2.05) is 0 Å². The average molecular weight is 222 g/mol. The van der Waals surface area contributed by atoms with Gasteiger partial charge in [-0.3, -0.25) is 0 Å². The van der Waals surface area contributed by atoms with Gasteiger partial charge in [-0.2, -0.15) is 0 Å². The molecule has 0 spiro atoms. The van der Waals surface area contributed by atoms with Gasteiger partial charge in [0.25, 0.3) is 0 Å². The Labute approximate surface area is 99.6 Å². The second-order valence-electron chi connectivity index (χ2n) is 7.59. The Balaban J connectivity index is 1.94. The number of hydrogen-bond acceptors (Lipinski definition) is 1. The van der Waals surface area contributed by atoms with Crippen LogP contribution in [0.4, 0.5) is 0 Å². The van der Waals surface area contributed by atoms with Crippen molar-refractivity contribution < 1.29 is 5.11 Å². The van der Waals surface area contributed by atoms with E-state index < -0.39 is 0 Å². The first kappa shape index (κ1) is 11.1. The summed E-state index contributed by atoms with van der Waals surface area (Å²) in [7, 11) is 0. The van der Waals surface area contributed by atoms with Crippen molar-refractivity contribution in [3.8, 4) is 0 Å². The van der Waals surface area contributed by atoms with Crippen LogP contribution >= 0.6 is 0 Å². The summed E-state index contributed by atoms with van der Waals surface area (Å²) in [5, 5.41) is 10.7. The predicted molar refractivity (Wildman–Crippen MR) is 66.0 cm³/mol. The molecule has 1 nitrogen and oxygen atoms in total. The highest BCUT2D eigenvalue weighted by molar-refractivity contribution is 5.14. The number of aliphatic hydroxyl groups is 1. The molecular weight excluding hydrogens is 196 g/mol. The molecule has 0 heterocycles. The maximum absolute atomic E-state index is 10.7. The van der Waals surface area contributed by atoms with Crippen molar-refractivity contribution in [2.24, 2.45) is 35.0 Å². The summed E-state index contributed by atoms with van der Waals surface area (Å²) in [6.07, 6.45) is 4.89. The molecule has 3 rings (SSSR count). The van der Waals surface area contributed by atoms with Gasteiger partial charge in [-0.05, 0) is 61.2 Å². The average Bonchev–Trinajstić information content (AvgIpc) is 2.51. The second kappa shape index (κ2) is 3.04. The Bertz CT molecular complexity index is 305. The topological polar surface area (TPSA) is 20.2 Å². The van der Waals surface area contributed by atoms with Crippen LogP contribution in [0.5, 0.6) is 0 Å². The molecule has 1 heteroatoms. The van der Waals surface area contributed by atoms with Crippen molar-refractivity contribution in [2.75, 3.05) is 0 Å². The highest BCUT2D eigenvalue weighted by Crippen LogP contribution is 2.71. The van der Waals surface area contributed by atoms with Crippen molar-refractivity contribution in [2.45, 2.75) is 59.0 Å². The lowest BCUT2D eigenvalue weighted by Gasteiger charge is -2.35. The molecule has 92 valence electrons. The quantitative estimate of drug-likeness (QED) is 0.665. The molecule has 0 aromatic rings. The van der Waals surface area contributed by atoms with Gasteiger partial charge in [0, 0.05) is 0 Å². The zero-order valence-corrected chi connectivity index (χ0v) is 11.2. The fraction of sp³-hybridized carbons (Fsp3) is 1.00. The smallest absolute Gasteiger partial charge is 0.0650 e. The van der Waals surface area contributed by atoms with Crippen LogP contribution in [-0.2, 0) is 0 Å². The van der Waals surface area contributed by atoms with Gasteiger partial charge >= 0.3 is 0 Å². The first-order valence-corrected chi connectivity index (χ1v) is 7.08. The molecule has 3 aliphatic carbocycles. The van der Waals surface area contributed by atoms with Crippen LogP contribution in [0.3, 0.4) is 0 Å². The SMILES string of the molecule is C[C@@H]1CCC2C1[C@@H]1[C@H](CC[C@]2(C)O)C1(C)C. The largest absolute Gasteiger partial charge is 0.390 e. The Hall–Kier alpha value is -0.0400. The van der Waals surface area contributed by atoms with Gasteiger partial charge in [0.2, 0.25) is 0 Å². The Morgan fingerprint density at radius 2 is 1.69 bits per heavy atom. The van der Waals surface area contributed by atoms with E-state index in [0.717, 1.165) is 30.1 Å². The predicted octanol–water partition coefficient (Wildman–Crippen LogP) is 3.47. The first-order valence-electron chi connectivity index (χ1n) is 7.08. The maximum atomic E-state index is 10.7. The molecule has 16 heavy (non-hydrogen) atoms. The van der Waals surface area contributed by atoms with Crippen LogP contribution in [0, 0.1) is 35.0 Å². The zero-order chi connectivity index (χ0) is 11.7. The Kier molecular flexibility index (Phi) is 2.11. The van der Waals surface area contributed by atoms with E-state index in [9.17, 15) is 5.11 Å². The molecule has 3 fully saturated rings.